The third-order valence-corrected chi connectivity index (χ3v) is 5.24. The summed E-state index contributed by atoms with van der Waals surface area (Å²) in [7, 11) is 2.18. The lowest BCUT2D eigenvalue weighted by Gasteiger charge is -2.34. The average molecular weight is 348 g/mol. The lowest BCUT2D eigenvalue weighted by molar-refractivity contribution is 0.216. The molecule has 4 rings (SSSR count). The van der Waals surface area contributed by atoms with E-state index in [0.29, 0.717) is 0 Å². The SMILES string of the molecule is Cc1cc2c(s1)Nc1ccccc1N=C2N1CCN(C)CC1.O.O. The van der Waals surface area contributed by atoms with Gasteiger partial charge < -0.3 is 26.1 Å². The van der Waals surface area contributed by atoms with Crippen molar-refractivity contribution in [2.45, 2.75) is 6.92 Å². The molecule has 1 aromatic carbocycles. The van der Waals surface area contributed by atoms with Gasteiger partial charge in [-0.3, -0.25) is 0 Å². The van der Waals surface area contributed by atoms with Gasteiger partial charge in [0.2, 0.25) is 0 Å². The number of thiophene rings is 1. The van der Waals surface area contributed by atoms with Gasteiger partial charge in [0.25, 0.3) is 0 Å². The van der Waals surface area contributed by atoms with Crippen molar-refractivity contribution in [2.75, 3.05) is 38.5 Å². The van der Waals surface area contributed by atoms with Gasteiger partial charge in [-0.15, -0.1) is 11.3 Å². The van der Waals surface area contributed by atoms with Gasteiger partial charge in [0.15, 0.2) is 0 Å². The first-order valence-corrected chi connectivity index (χ1v) is 8.51. The maximum absolute atomic E-state index is 5.01. The quantitative estimate of drug-likeness (QED) is 0.786. The number of fused-ring (bicyclic) bond motifs is 2. The summed E-state index contributed by atoms with van der Waals surface area (Å²) in [6.45, 7) is 6.41. The second-order valence-electron chi connectivity index (χ2n) is 5.97. The molecule has 130 valence electrons. The first-order chi connectivity index (χ1) is 10.7. The van der Waals surface area contributed by atoms with E-state index >= 15 is 0 Å². The fourth-order valence-corrected chi connectivity index (χ4v) is 3.93. The van der Waals surface area contributed by atoms with E-state index in [1.54, 1.807) is 11.3 Å². The van der Waals surface area contributed by atoms with E-state index in [0.717, 1.165) is 43.4 Å². The molecule has 1 fully saturated rings. The molecule has 24 heavy (non-hydrogen) atoms. The molecule has 5 N–H and O–H groups in total. The van der Waals surface area contributed by atoms with Crippen LogP contribution in [0.2, 0.25) is 0 Å². The number of anilines is 2. The van der Waals surface area contributed by atoms with E-state index in [1.807, 2.05) is 0 Å². The summed E-state index contributed by atoms with van der Waals surface area (Å²) in [6.07, 6.45) is 0. The van der Waals surface area contributed by atoms with Crippen LogP contribution >= 0.6 is 11.3 Å². The Morgan fingerprint density at radius 3 is 2.54 bits per heavy atom. The standard InChI is InChI=1S/C17H20N4S.2H2O/c1-12-11-13-16(21-9-7-20(2)8-10-21)18-14-5-3-4-6-15(14)19-17(13)22-12;;/h3-6,11,19H,7-10H2,1-2H3;2*1H2. The molecule has 2 aliphatic heterocycles. The topological polar surface area (TPSA) is 93.9 Å². The highest BCUT2D eigenvalue weighted by atomic mass is 32.1. The Kier molecular flexibility index (Phi) is 5.61. The van der Waals surface area contributed by atoms with Crippen LogP contribution in [0.5, 0.6) is 0 Å². The molecular formula is C17H24N4O2S. The Hall–Kier alpha value is -1.93. The van der Waals surface area contributed by atoms with Gasteiger partial charge in [0.1, 0.15) is 10.8 Å². The molecule has 6 nitrogen and oxygen atoms in total. The molecule has 1 aromatic heterocycles. The maximum Gasteiger partial charge on any atom is 0.139 e. The van der Waals surface area contributed by atoms with Crippen LogP contribution in [-0.4, -0.2) is 59.8 Å². The molecular weight excluding hydrogens is 324 g/mol. The third kappa shape index (κ3) is 3.29. The summed E-state index contributed by atoms with van der Waals surface area (Å²) >= 11 is 1.81. The van der Waals surface area contributed by atoms with Gasteiger partial charge >= 0.3 is 0 Å². The number of nitrogens with one attached hydrogen (secondary N) is 1. The van der Waals surface area contributed by atoms with Crippen LogP contribution < -0.4 is 5.32 Å². The number of nitrogens with zero attached hydrogens (tertiary/aromatic N) is 3. The summed E-state index contributed by atoms with van der Waals surface area (Å²) in [6, 6.07) is 10.6. The minimum absolute atomic E-state index is 0. The molecule has 0 aliphatic carbocycles. The van der Waals surface area contributed by atoms with Crippen LogP contribution in [0.3, 0.4) is 0 Å². The lowest BCUT2D eigenvalue weighted by Crippen LogP contribution is -2.47. The summed E-state index contributed by atoms with van der Waals surface area (Å²) in [5.41, 5.74) is 3.36. The smallest absolute Gasteiger partial charge is 0.139 e. The van der Waals surface area contributed by atoms with Gasteiger partial charge in [0, 0.05) is 31.1 Å². The number of hydrogen-bond donors (Lipinski definition) is 1. The highest BCUT2D eigenvalue weighted by Gasteiger charge is 2.25. The van der Waals surface area contributed by atoms with E-state index in [2.05, 4.69) is 59.4 Å². The van der Waals surface area contributed by atoms with Crippen molar-refractivity contribution >= 4 is 33.5 Å². The van der Waals surface area contributed by atoms with Crippen LogP contribution in [0.15, 0.2) is 35.3 Å². The zero-order valence-corrected chi connectivity index (χ0v) is 14.8. The first-order valence-electron chi connectivity index (χ1n) is 7.70. The number of aliphatic imine (C=N–C) groups is 1. The Balaban J connectivity index is 0.00000104. The van der Waals surface area contributed by atoms with Crippen LogP contribution in [0.4, 0.5) is 16.4 Å². The van der Waals surface area contributed by atoms with Gasteiger partial charge in [-0.05, 0) is 32.2 Å². The van der Waals surface area contributed by atoms with Crippen molar-refractivity contribution in [2.24, 2.45) is 4.99 Å². The number of para-hydroxylation sites is 2. The van der Waals surface area contributed by atoms with Crippen molar-refractivity contribution in [3.05, 3.63) is 40.8 Å². The summed E-state index contributed by atoms with van der Waals surface area (Å²) < 4.78 is 0. The van der Waals surface area contributed by atoms with Crippen LogP contribution in [-0.2, 0) is 0 Å². The summed E-state index contributed by atoms with van der Waals surface area (Å²) in [5.74, 6) is 1.12. The van der Waals surface area contributed by atoms with E-state index in [4.69, 9.17) is 4.99 Å². The number of hydrogen-bond acceptors (Lipinski definition) is 5. The summed E-state index contributed by atoms with van der Waals surface area (Å²) in [4.78, 5) is 11.1. The minimum Gasteiger partial charge on any atom is -0.412 e. The highest BCUT2D eigenvalue weighted by Crippen LogP contribution is 2.39. The molecule has 0 spiro atoms. The van der Waals surface area contributed by atoms with Gasteiger partial charge in [0.05, 0.1) is 16.9 Å². The van der Waals surface area contributed by atoms with Gasteiger partial charge in [-0.25, -0.2) is 4.99 Å². The molecule has 0 amide bonds. The largest absolute Gasteiger partial charge is 0.412 e. The van der Waals surface area contributed by atoms with Crippen molar-refractivity contribution in [3.8, 4) is 0 Å². The number of rotatable bonds is 0. The molecule has 0 unspecified atom stereocenters. The molecule has 2 aromatic rings. The van der Waals surface area contributed by atoms with Crippen molar-refractivity contribution < 1.29 is 11.0 Å². The molecule has 0 atom stereocenters. The normalized spacial score (nSPS) is 16.6. The molecule has 1 saturated heterocycles. The fraction of sp³-hybridized carbons (Fsp3) is 0.353. The van der Waals surface area contributed by atoms with Crippen molar-refractivity contribution in [3.63, 3.8) is 0 Å². The zero-order valence-electron chi connectivity index (χ0n) is 14.0. The fourth-order valence-electron chi connectivity index (χ4n) is 3.01. The van der Waals surface area contributed by atoms with Crippen LogP contribution in [0, 0.1) is 6.92 Å². The number of likely N-dealkylation sites (N-methyl/N-ethyl adjacent to an activating group) is 1. The van der Waals surface area contributed by atoms with Crippen LogP contribution in [0.1, 0.15) is 10.4 Å². The molecule has 2 aliphatic rings. The second-order valence-corrected chi connectivity index (χ2v) is 7.22. The Bertz CT molecular complexity index is 736. The highest BCUT2D eigenvalue weighted by molar-refractivity contribution is 7.16. The predicted molar refractivity (Wildman–Crippen MR) is 101 cm³/mol. The van der Waals surface area contributed by atoms with Crippen LogP contribution in [0.25, 0.3) is 0 Å². The third-order valence-electron chi connectivity index (χ3n) is 4.28. The van der Waals surface area contributed by atoms with E-state index < -0.39 is 0 Å². The first kappa shape index (κ1) is 18.4. The maximum atomic E-state index is 5.01. The predicted octanol–water partition coefficient (Wildman–Crippen LogP) is 1.79. The Morgan fingerprint density at radius 2 is 1.79 bits per heavy atom. The zero-order chi connectivity index (χ0) is 15.1. The molecule has 0 saturated carbocycles. The van der Waals surface area contributed by atoms with Gasteiger partial charge in [-0.2, -0.15) is 0 Å². The number of benzene rings is 1. The molecule has 7 heteroatoms. The molecule has 0 bridgehead atoms. The second kappa shape index (κ2) is 7.31. The number of piperazine rings is 1. The monoisotopic (exact) mass is 348 g/mol. The average Bonchev–Trinajstić information content (AvgIpc) is 2.80. The summed E-state index contributed by atoms with van der Waals surface area (Å²) in [5, 5.41) is 4.78. The number of amidine groups is 1. The van der Waals surface area contributed by atoms with Crippen molar-refractivity contribution in [1.29, 1.82) is 0 Å². The van der Waals surface area contributed by atoms with Crippen molar-refractivity contribution in [1.82, 2.24) is 9.80 Å². The Morgan fingerprint density at radius 1 is 1.08 bits per heavy atom. The van der Waals surface area contributed by atoms with Gasteiger partial charge in [-0.1, -0.05) is 12.1 Å². The molecule has 3 heterocycles. The Labute approximate surface area is 146 Å². The number of aryl methyl sites for hydroxylation is 1. The molecule has 0 radical (unpaired) electrons. The lowest BCUT2D eigenvalue weighted by atomic mass is 10.2. The van der Waals surface area contributed by atoms with E-state index in [-0.39, 0.29) is 11.0 Å². The minimum atomic E-state index is 0. The van der Waals surface area contributed by atoms with E-state index in [9.17, 15) is 0 Å². The van der Waals surface area contributed by atoms with E-state index in [1.165, 1.54) is 15.4 Å².